The van der Waals surface area contributed by atoms with Crippen molar-refractivity contribution in [2.24, 2.45) is 0 Å². The van der Waals surface area contributed by atoms with Gasteiger partial charge in [-0.15, -0.1) is 6.58 Å². The second kappa shape index (κ2) is 6.97. The maximum absolute atomic E-state index is 12.2. The third kappa shape index (κ3) is 3.66. The van der Waals surface area contributed by atoms with Crippen molar-refractivity contribution >= 4 is 34.9 Å². The Morgan fingerprint density at radius 2 is 1.85 bits per heavy atom. The van der Waals surface area contributed by atoms with Gasteiger partial charge >= 0.3 is 6.03 Å². The fourth-order valence-corrected chi connectivity index (χ4v) is 2.61. The molecule has 20 heavy (non-hydrogen) atoms. The number of hydrogen-bond donors (Lipinski definition) is 1. The minimum atomic E-state index is -0.168. The predicted octanol–water partition coefficient (Wildman–Crippen LogP) is 3.33. The zero-order valence-corrected chi connectivity index (χ0v) is 12.6. The van der Waals surface area contributed by atoms with Gasteiger partial charge in [0, 0.05) is 32.7 Å². The van der Waals surface area contributed by atoms with E-state index < -0.39 is 0 Å². The van der Waals surface area contributed by atoms with Crippen molar-refractivity contribution in [3.63, 3.8) is 0 Å². The number of piperazine rings is 1. The van der Waals surface area contributed by atoms with Gasteiger partial charge in [-0.25, -0.2) is 4.79 Å². The van der Waals surface area contributed by atoms with Gasteiger partial charge in [0.25, 0.3) is 0 Å². The van der Waals surface area contributed by atoms with Crippen LogP contribution in [-0.4, -0.2) is 48.6 Å². The Kier molecular flexibility index (Phi) is 5.29. The number of nitrogens with one attached hydrogen (secondary N) is 1. The summed E-state index contributed by atoms with van der Waals surface area (Å²) >= 11 is 12.1. The molecule has 1 heterocycles. The van der Waals surface area contributed by atoms with Gasteiger partial charge in [-0.05, 0) is 12.1 Å². The molecule has 1 aromatic rings. The first-order valence-corrected chi connectivity index (χ1v) is 7.20. The highest BCUT2D eigenvalue weighted by atomic mass is 35.5. The van der Waals surface area contributed by atoms with Crippen molar-refractivity contribution in [1.82, 2.24) is 9.80 Å². The number of benzene rings is 1. The van der Waals surface area contributed by atoms with Gasteiger partial charge in [0.1, 0.15) is 0 Å². The van der Waals surface area contributed by atoms with E-state index in [2.05, 4.69) is 16.8 Å². The van der Waals surface area contributed by atoms with Crippen LogP contribution in [-0.2, 0) is 0 Å². The van der Waals surface area contributed by atoms with Crippen molar-refractivity contribution in [1.29, 1.82) is 0 Å². The number of carbonyl (C=O) groups excluding carboxylic acids is 1. The molecule has 0 radical (unpaired) electrons. The van der Waals surface area contributed by atoms with Gasteiger partial charge in [-0.1, -0.05) is 35.3 Å². The molecule has 108 valence electrons. The minimum Gasteiger partial charge on any atom is -0.322 e. The summed E-state index contributed by atoms with van der Waals surface area (Å²) in [6.07, 6.45) is 1.87. The van der Waals surface area contributed by atoms with Gasteiger partial charge < -0.3 is 10.2 Å². The average Bonchev–Trinajstić information content (AvgIpc) is 2.44. The monoisotopic (exact) mass is 313 g/mol. The van der Waals surface area contributed by atoms with Crippen molar-refractivity contribution in [3.05, 3.63) is 40.9 Å². The zero-order chi connectivity index (χ0) is 14.5. The van der Waals surface area contributed by atoms with E-state index in [0.29, 0.717) is 28.8 Å². The highest BCUT2D eigenvalue weighted by molar-refractivity contribution is 6.39. The topological polar surface area (TPSA) is 35.6 Å². The van der Waals surface area contributed by atoms with Crippen LogP contribution in [0, 0.1) is 0 Å². The molecule has 6 heteroatoms. The molecule has 1 N–H and O–H groups in total. The number of hydrogen-bond acceptors (Lipinski definition) is 2. The number of anilines is 1. The number of rotatable bonds is 3. The van der Waals surface area contributed by atoms with Crippen molar-refractivity contribution < 1.29 is 4.79 Å². The summed E-state index contributed by atoms with van der Waals surface area (Å²) in [6.45, 7) is 7.62. The van der Waals surface area contributed by atoms with Crippen molar-refractivity contribution in [2.75, 3.05) is 38.0 Å². The Hall–Kier alpha value is -1.23. The standard InChI is InChI=1S/C14H17Cl2N3O/c1-2-6-18-7-9-19(10-8-18)14(20)17-13-11(15)4-3-5-12(13)16/h2-5H,1,6-10H2,(H,17,20). The second-order valence-electron chi connectivity index (χ2n) is 4.60. The van der Waals surface area contributed by atoms with Gasteiger partial charge in [-0.3, -0.25) is 4.90 Å². The number of amides is 2. The Balaban J connectivity index is 1.95. The first kappa shape index (κ1) is 15.2. The average molecular weight is 314 g/mol. The van der Waals surface area contributed by atoms with Crippen LogP contribution in [0.2, 0.25) is 10.0 Å². The third-order valence-electron chi connectivity index (χ3n) is 3.24. The Morgan fingerprint density at radius 3 is 2.40 bits per heavy atom. The van der Waals surface area contributed by atoms with Gasteiger partial charge in [0.15, 0.2) is 0 Å². The third-order valence-corrected chi connectivity index (χ3v) is 3.87. The zero-order valence-electron chi connectivity index (χ0n) is 11.1. The second-order valence-corrected chi connectivity index (χ2v) is 5.42. The molecule has 1 fully saturated rings. The molecular formula is C14H17Cl2N3O. The molecule has 0 unspecified atom stereocenters. The van der Waals surface area contributed by atoms with Crippen LogP contribution < -0.4 is 5.32 Å². The molecule has 0 bridgehead atoms. The summed E-state index contributed by atoms with van der Waals surface area (Å²) in [5.41, 5.74) is 0.467. The maximum Gasteiger partial charge on any atom is 0.322 e. The summed E-state index contributed by atoms with van der Waals surface area (Å²) < 4.78 is 0. The largest absolute Gasteiger partial charge is 0.322 e. The van der Waals surface area contributed by atoms with Crippen LogP contribution in [0.5, 0.6) is 0 Å². The van der Waals surface area contributed by atoms with E-state index in [1.165, 1.54) is 0 Å². The quantitative estimate of drug-likeness (QED) is 0.869. The van der Waals surface area contributed by atoms with E-state index in [1.807, 2.05) is 6.08 Å². The fourth-order valence-electron chi connectivity index (χ4n) is 2.12. The lowest BCUT2D eigenvalue weighted by molar-refractivity contribution is 0.156. The first-order chi connectivity index (χ1) is 9.61. The Bertz CT molecular complexity index is 479. The first-order valence-electron chi connectivity index (χ1n) is 6.45. The molecule has 1 aliphatic rings. The SMILES string of the molecule is C=CCN1CCN(C(=O)Nc2c(Cl)cccc2Cl)CC1. The van der Waals surface area contributed by atoms with Crippen LogP contribution in [0.15, 0.2) is 30.9 Å². The summed E-state index contributed by atoms with van der Waals surface area (Å²) in [5.74, 6) is 0. The molecule has 2 rings (SSSR count). The van der Waals surface area contributed by atoms with Crippen LogP contribution in [0.3, 0.4) is 0 Å². The van der Waals surface area contributed by atoms with Crippen LogP contribution >= 0.6 is 23.2 Å². The predicted molar refractivity (Wildman–Crippen MR) is 83.7 cm³/mol. The number of carbonyl (C=O) groups is 1. The van der Waals surface area contributed by atoms with Crippen LogP contribution in [0.25, 0.3) is 0 Å². The Morgan fingerprint density at radius 1 is 1.25 bits per heavy atom. The lowest BCUT2D eigenvalue weighted by Gasteiger charge is -2.34. The smallest absolute Gasteiger partial charge is 0.322 e. The molecule has 1 aliphatic heterocycles. The number of urea groups is 1. The van der Waals surface area contributed by atoms with Crippen LogP contribution in [0.4, 0.5) is 10.5 Å². The molecule has 0 spiro atoms. The molecule has 0 atom stereocenters. The summed E-state index contributed by atoms with van der Waals surface area (Å²) in [7, 11) is 0. The van der Waals surface area contributed by atoms with E-state index >= 15 is 0 Å². The molecule has 0 saturated carbocycles. The van der Waals surface area contributed by atoms with Crippen LogP contribution in [0.1, 0.15) is 0 Å². The number of nitrogens with zero attached hydrogens (tertiary/aromatic N) is 2. The van der Waals surface area contributed by atoms with E-state index in [0.717, 1.165) is 19.6 Å². The summed E-state index contributed by atoms with van der Waals surface area (Å²) in [5, 5.41) is 3.66. The molecule has 0 aromatic heterocycles. The molecule has 4 nitrogen and oxygen atoms in total. The normalized spacial score (nSPS) is 16.0. The maximum atomic E-state index is 12.2. The lowest BCUT2D eigenvalue weighted by atomic mass is 10.3. The van der Waals surface area contributed by atoms with Gasteiger partial charge in [0.2, 0.25) is 0 Å². The summed E-state index contributed by atoms with van der Waals surface area (Å²) in [6, 6.07) is 4.98. The Labute approximate surface area is 128 Å². The highest BCUT2D eigenvalue weighted by Gasteiger charge is 2.21. The van der Waals surface area contributed by atoms with Crippen molar-refractivity contribution in [3.8, 4) is 0 Å². The van der Waals surface area contributed by atoms with E-state index in [9.17, 15) is 4.79 Å². The van der Waals surface area contributed by atoms with Gasteiger partial charge in [0.05, 0.1) is 15.7 Å². The highest BCUT2D eigenvalue weighted by Crippen LogP contribution is 2.30. The molecule has 0 aliphatic carbocycles. The van der Waals surface area contributed by atoms with Crippen molar-refractivity contribution in [2.45, 2.75) is 0 Å². The number of para-hydroxylation sites is 1. The lowest BCUT2D eigenvalue weighted by Crippen LogP contribution is -2.49. The van der Waals surface area contributed by atoms with E-state index in [1.54, 1.807) is 23.1 Å². The fraction of sp³-hybridized carbons (Fsp3) is 0.357. The molecule has 2 amide bonds. The molecule has 1 saturated heterocycles. The van der Waals surface area contributed by atoms with E-state index in [4.69, 9.17) is 23.2 Å². The van der Waals surface area contributed by atoms with Gasteiger partial charge in [-0.2, -0.15) is 0 Å². The van der Waals surface area contributed by atoms with E-state index in [-0.39, 0.29) is 6.03 Å². The summed E-state index contributed by atoms with van der Waals surface area (Å²) in [4.78, 5) is 16.2. The molecular weight excluding hydrogens is 297 g/mol. The minimum absolute atomic E-state index is 0.168. The molecule has 1 aromatic carbocycles. The number of halogens is 2.